The molecule has 0 saturated heterocycles. The Morgan fingerprint density at radius 3 is 1.33 bits per heavy atom. The maximum absolute atomic E-state index is 5.00. The quantitative estimate of drug-likeness (QED) is 0.199. The molecule has 0 saturated carbocycles. The van der Waals surface area contributed by atoms with Crippen LogP contribution < -0.4 is 4.90 Å². The molecule has 7 aromatic rings. The molecule has 0 bridgehead atoms. The number of para-hydroxylation sites is 2. The summed E-state index contributed by atoms with van der Waals surface area (Å²) >= 11 is 0. The molecule has 1 aliphatic rings. The topological polar surface area (TPSA) is 29.0 Å². The fourth-order valence-electron chi connectivity index (χ4n) is 6.65. The molecule has 3 nitrogen and oxygen atoms in total. The number of aromatic nitrogens is 2. The highest BCUT2D eigenvalue weighted by molar-refractivity contribution is 5.86. The standard InChI is InChI=1S/C43H33N3/c1-43(2)36-17-9-11-19-40(36)46(41-20-12-10-18-37(41)43)35-27-25-31(26-28-35)30-21-23-34(24-22-30)42-44-38(32-13-5-3-6-14-32)29-39(45-42)33-15-7-4-8-16-33/h3-29H,1-2H3. The van der Waals surface area contributed by atoms with E-state index in [1.807, 2.05) is 36.4 Å². The van der Waals surface area contributed by atoms with Crippen LogP contribution in [0.25, 0.3) is 45.0 Å². The molecule has 0 N–H and O–H groups in total. The monoisotopic (exact) mass is 591 g/mol. The third-order valence-corrected chi connectivity index (χ3v) is 9.10. The van der Waals surface area contributed by atoms with Crippen molar-refractivity contribution in [3.63, 3.8) is 0 Å². The number of benzene rings is 6. The van der Waals surface area contributed by atoms with Crippen molar-refractivity contribution in [2.24, 2.45) is 0 Å². The number of anilines is 3. The van der Waals surface area contributed by atoms with Gasteiger partial charge >= 0.3 is 0 Å². The number of hydrogen-bond donors (Lipinski definition) is 0. The third kappa shape index (κ3) is 4.87. The molecular formula is C43H33N3. The van der Waals surface area contributed by atoms with E-state index in [1.165, 1.54) is 22.5 Å². The predicted octanol–water partition coefficient (Wildman–Crippen LogP) is 11.3. The number of rotatable bonds is 5. The van der Waals surface area contributed by atoms with Crippen LogP contribution in [0.15, 0.2) is 164 Å². The fourth-order valence-corrected chi connectivity index (χ4v) is 6.65. The number of nitrogens with zero attached hydrogens (tertiary/aromatic N) is 3. The lowest BCUT2D eigenvalue weighted by Gasteiger charge is -2.42. The zero-order valence-corrected chi connectivity index (χ0v) is 25.9. The van der Waals surface area contributed by atoms with Crippen molar-refractivity contribution in [3.8, 4) is 45.0 Å². The molecule has 8 rings (SSSR count). The predicted molar refractivity (Wildman–Crippen MR) is 191 cm³/mol. The van der Waals surface area contributed by atoms with Gasteiger partial charge in [-0.3, -0.25) is 0 Å². The normalized spacial score (nSPS) is 13.1. The first-order valence-corrected chi connectivity index (χ1v) is 15.8. The van der Waals surface area contributed by atoms with E-state index >= 15 is 0 Å². The molecule has 1 aliphatic heterocycles. The SMILES string of the molecule is CC1(C)c2ccccc2N(c2ccc(-c3ccc(-c4nc(-c5ccccc5)cc(-c5ccccc5)n4)cc3)cc2)c2ccccc21. The van der Waals surface area contributed by atoms with Crippen LogP contribution in [0.5, 0.6) is 0 Å². The zero-order chi connectivity index (χ0) is 31.1. The van der Waals surface area contributed by atoms with Crippen molar-refractivity contribution >= 4 is 17.1 Å². The van der Waals surface area contributed by atoms with Crippen LogP contribution in [-0.4, -0.2) is 9.97 Å². The van der Waals surface area contributed by atoms with Gasteiger partial charge in [0.1, 0.15) is 0 Å². The Balaban J connectivity index is 1.13. The van der Waals surface area contributed by atoms with Gasteiger partial charge in [-0.15, -0.1) is 0 Å². The lowest BCUT2D eigenvalue weighted by Crippen LogP contribution is -2.30. The Bertz CT molecular complexity index is 2040. The summed E-state index contributed by atoms with van der Waals surface area (Å²) in [6.45, 7) is 4.64. The van der Waals surface area contributed by atoms with Gasteiger partial charge in [-0.25, -0.2) is 9.97 Å². The molecule has 0 amide bonds. The highest BCUT2D eigenvalue weighted by Gasteiger charge is 2.36. The molecule has 0 fully saturated rings. The van der Waals surface area contributed by atoms with E-state index in [4.69, 9.17) is 9.97 Å². The van der Waals surface area contributed by atoms with Gasteiger partial charge in [0.25, 0.3) is 0 Å². The highest BCUT2D eigenvalue weighted by atomic mass is 15.2. The van der Waals surface area contributed by atoms with Gasteiger partial charge in [-0.05, 0) is 52.6 Å². The summed E-state index contributed by atoms with van der Waals surface area (Å²) in [6, 6.07) is 57.7. The Morgan fingerprint density at radius 2 is 0.826 bits per heavy atom. The average Bonchev–Trinajstić information content (AvgIpc) is 3.13. The second kappa shape index (κ2) is 11.3. The summed E-state index contributed by atoms with van der Waals surface area (Å²) < 4.78 is 0. The maximum atomic E-state index is 5.00. The summed E-state index contributed by atoms with van der Waals surface area (Å²) in [6.07, 6.45) is 0. The minimum Gasteiger partial charge on any atom is -0.310 e. The van der Waals surface area contributed by atoms with Crippen molar-refractivity contribution in [2.45, 2.75) is 19.3 Å². The molecule has 2 heterocycles. The van der Waals surface area contributed by atoms with Crippen LogP contribution in [0.3, 0.4) is 0 Å². The van der Waals surface area contributed by atoms with Crippen molar-refractivity contribution < 1.29 is 0 Å². The van der Waals surface area contributed by atoms with Crippen molar-refractivity contribution in [1.82, 2.24) is 9.97 Å². The maximum Gasteiger partial charge on any atom is 0.160 e. The van der Waals surface area contributed by atoms with Crippen LogP contribution in [-0.2, 0) is 5.41 Å². The molecule has 1 aromatic heterocycles. The van der Waals surface area contributed by atoms with Gasteiger partial charge < -0.3 is 4.90 Å². The Hall–Kier alpha value is -5.80. The van der Waals surface area contributed by atoms with Crippen molar-refractivity contribution in [1.29, 1.82) is 0 Å². The van der Waals surface area contributed by atoms with E-state index < -0.39 is 0 Å². The molecule has 3 heteroatoms. The molecule has 220 valence electrons. The molecule has 46 heavy (non-hydrogen) atoms. The van der Waals surface area contributed by atoms with Crippen LogP contribution in [0, 0.1) is 0 Å². The van der Waals surface area contributed by atoms with E-state index in [1.54, 1.807) is 0 Å². The van der Waals surface area contributed by atoms with E-state index in [2.05, 4.69) is 146 Å². The molecule has 0 aliphatic carbocycles. The average molecular weight is 592 g/mol. The van der Waals surface area contributed by atoms with Crippen LogP contribution in [0.1, 0.15) is 25.0 Å². The molecule has 0 spiro atoms. The van der Waals surface area contributed by atoms with Gasteiger partial charge in [0.15, 0.2) is 5.82 Å². The van der Waals surface area contributed by atoms with E-state index in [-0.39, 0.29) is 5.41 Å². The fraction of sp³-hybridized carbons (Fsp3) is 0.0698. The van der Waals surface area contributed by atoms with Crippen LogP contribution >= 0.6 is 0 Å². The first kappa shape index (κ1) is 27.7. The minimum atomic E-state index is -0.0719. The summed E-state index contributed by atoms with van der Waals surface area (Å²) in [4.78, 5) is 12.4. The second-order valence-electron chi connectivity index (χ2n) is 12.3. The van der Waals surface area contributed by atoms with Crippen LogP contribution in [0.2, 0.25) is 0 Å². The van der Waals surface area contributed by atoms with Gasteiger partial charge in [0.05, 0.1) is 22.8 Å². The smallest absolute Gasteiger partial charge is 0.160 e. The van der Waals surface area contributed by atoms with E-state index in [0.29, 0.717) is 5.82 Å². The first-order chi connectivity index (χ1) is 22.6. The summed E-state index contributed by atoms with van der Waals surface area (Å²) in [5.74, 6) is 0.715. The van der Waals surface area contributed by atoms with E-state index in [0.717, 1.165) is 44.9 Å². The van der Waals surface area contributed by atoms with Gasteiger partial charge in [0.2, 0.25) is 0 Å². The van der Waals surface area contributed by atoms with E-state index in [9.17, 15) is 0 Å². The molecule has 0 radical (unpaired) electrons. The third-order valence-electron chi connectivity index (χ3n) is 9.10. The van der Waals surface area contributed by atoms with Gasteiger partial charge in [-0.2, -0.15) is 0 Å². The van der Waals surface area contributed by atoms with Crippen LogP contribution in [0.4, 0.5) is 17.1 Å². The Labute approximate surface area is 270 Å². The zero-order valence-electron chi connectivity index (χ0n) is 25.9. The van der Waals surface area contributed by atoms with Crippen molar-refractivity contribution in [3.05, 3.63) is 175 Å². The molecule has 6 aromatic carbocycles. The Morgan fingerprint density at radius 1 is 0.413 bits per heavy atom. The highest BCUT2D eigenvalue weighted by Crippen LogP contribution is 2.51. The largest absolute Gasteiger partial charge is 0.310 e. The van der Waals surface area contributed by atoms with Gasteiger partial charge in [-0.1, -0.05) is 147 Å². The second-order valence-corrected chi connectivity index (χ2v) is 12.3. The Kier molecular flexibility index (Phi) is 6.80. The molecule has 0 unspecified atom stereocenters. The number of fused-ring (bicyclic) bond motifs is 2. The summed E-state index contributed by atoms with van der Waals surface area (Å²) in [7, 11) is 0. The summed E-state index contributed by atoms with van der Waals surface area (Å²) in [5, 5.41) is 0. The van der Waals surface area contributed by atoms with Crippen molar-refractivity contribution in [2.75, 3.05) is 4.90 Å². The lowest BCUT2D eigenvalue weighted by atomic mass is 9.73. The number of hydrogen-bond acceptors (Lipinski definition) is 3. The molecule has 0 atom stereocenters. The summed E-state index contributed by atoms with van der Waals surface area (Å²) in [5.41, 5.74) is 13.5. The first-order valence-electron chi connectivity index (χ1n) is 15.8. The van der Waals surface area contributed by atoms with Gasteiger partial charge in [0, 0.05) is 27.8 Å². The molecular weight excluding hydrogens is 558 g/mol. The minimum absolute atomic E-state index is 0.0719. The lowest BCUT2D eigenvalue weighted by molar-refractivity contribution is 0.632.